The lowest BCUT2D eigenvalue weighted by atomic mass is 10.3. The van der Waals surface area contributed by atoms with Crippen molar-refractivity contribution in [2.24, 2.45) is 5.14 Å². The molecule has 8 nitrogen and oxygen atoms in total. The summed E-state index contributed by atoms with van der Waals surface area (Å²) in [5, 5.41) is 5.05. The molecule has 1 aliphatic rings. The second-order valence-corrected chi connectivity index (χ2v) is 10.8. The molecular weight excluding hydrogens is 408 g/mol. The summed E-state index contributed by atoms with van der Waals surface area (Å²) in [5.41, 5.74) is 0. The number of thiophene rings is 1. The maximum absolute atomic E-state index is 12.6. The molecule has 3 rings (SSSR count). The van der Waals surface area contributed by atoms with Crippen LogP contribution in [0.1, 0.15) is 0 Å². The summed E-state index contributed by atoms with van der Waals surface area (Å²) in [6, 6.07) is 6.01. The number of sulfonamides is 2. The van der Waals surface area contributed by atoms with Gasteiger partial charge in [0.15, 0.2) is 0 Å². The summed E-state index contributed by atoms with van der Waals surface area (Å²) in [6.07, 6.45) is 1.20. The van der Waals surface area contributed by atoms with Crippen LogP contribution in [0.25, 0.3) is 0 Å². The highest BCUT2D eigenvalue weighted by atomic mass is 35.5. The van der Waals surface area contributed by atoms with Gasteiger partial charge in [0.1, 0.15) is 14.9 Å². The average Bonchev–Trinajstić information content (AvgIpc) is 3.02. The summed E-state index contributed by atoms with van der Waals surface area (Å²) in [4.78, 5) is 5.93. The number of aromatic nitrogens is 1. The summed E-state index contributed by atoms with van der Waals surface area (Å²) in [5.74, 6) is 0.573. The van der Waals surface area contributed by atoms with E-state index >= 15 is 0 Å². The molecule has 0 atom stereocenters. The van der Waals surface area contributed by atoms with Crippen molar-refractivity contribution >= 4 is 48.8 Å². The molecule has 0 aliphatic carbocycles. The van der Waals surface area contributed by atoms with Crippen LogP contribution in [-0.2, 0) is 20.0 Å². The number of pyridine rings is 1. The largest absolute Gasteiger partial charge is 0.354 e. The fourth-order valence-corrected chi connectivity index (χ4v) is 5.97. The molecule has 0 unspecified atom stereocenters. The number of nitrogens with zero attached hydrogens (tertiary/aromatic N) is 3. The van der Waals surface area contributed by atoms with Gasteiger partial charge >= 0.3 is 0 Å². The first-order valence-electron chi connectivity index (χ1n) is 7.17. The number of rotatable bonds is 4. The van der Waals surface area contributed by atoms with Crippen molar-refractivity contribution in [2.75, 3.05) is 31.1 Å². The third-order valence-electron chi connectivity index (χ3n) is 3.75. The molecule has 136 valence electrons. The number of primary sulfonamides is 1. The van der Waals surface area contributed by atoms with Crippen LogP contribution >= 0.6 is 22.9 Å². The fraction of sp³-hybridized carbons (Fsp3) is 0.308. The third-order valence-corrected chi connectivity index (χ3v) is 8.25. The minimum atomic E-state index is -3.79. The lowest BCUT2D eigenvalue weighted by Gasteiger charge is -2.34. The van der Waals surface area contributed by atoms with E-state index < -0.39 is 20.0 Å². The molecule has 0 spiro atoms. The van der Waals surface area contributed by atoms with Crippen LogP contribution in [0.5, 0.6) is 0 Å². The van der Waals surface area contributed by atoms with Gasteiger partial charge in [0.25, 0.3) is 10.0 Å². The second-order valence-electron chi connectivity index (χ2n) is 5.35. The van der Waals surface area contributed by atoms with Gasteiger partial charge in [0.2, 0.25) is 10.0 Å². The number of piperazine rings is 1. The van der Waals surface area contributed by atoms with E-state index in [0.717, 1.165) is 11.3 Å². The molecule has 0 saturated carbocycles. The van der Waals surface area contributed by atoms with Crippen molar-refractivity contribution in [1.29, 1.82) is 0 Å². The standard InChI is InChI=1S/C13H15ClN4O4S3/c14-11-2-4-13(23-11)25(21,22)18-7-5-17(6-8-18)12-3-1-10(9-16-12)24(15,19)20/h1-4,9H,5-8H2,(H2,15,19,20). The molecule has 1 fully saturated rings. The van der Waals surface area contributed by atoms with Gasteiger partial charge in [-0.25, -0.2) is 27.0 Å². The first-order valence-corrected chi connectivity index (χ1v) is 11.4. The topological polar surface area (TPSA) is 114 Å². The Morgan fingerprint density at radius 3 is 2.20 bits per heavy atom. The molecule has 0 amide bonds. The van der Waals surface area contributed by atoms with Crippen molar-refractivity contribution in [1.82, 2.24) is 9.29 Å². The highest BCUT2D eigenvalue weighted by Crippen LogP contribution is 2.29. The molecule has 2 N–H and O–H groups in total. The summed E-state index contributed by atoms with van der Waals surface area (Å²) >= 11 is 6.85. The zero-order valence-corrected chi connectivity index (χ0v) is 16.1. The lowest BCUT2D eigenvalue weighted by Crippen LogP contribution is -2.48. The van der Waals surface area contributed by atoms with E-state index in [2.05, 4.69) is 4.98 Å². The Hall–Kier alpha value is -1.24. The van der Waals surface area contributed by atoms with E-state index in [1.807, 2.05) is 4.90 Å². The van der Waals surface area contributed by atoms with Crippen LogP contribution in [0, 0.1) is 0 Å². The normalized spacial score (nSPS) is 17.0. The van der Waals surface area contributed by atoms with Crippen molar-refractivity contribution in [3.05, 3.63) is 34.8 Å². The smallest absolute Gasteiger partial charge is 0.252 e. The fourth-order valence-electron chi connectivity index (χ4n) is 2.45. The quantitative estimate of drug-likeness (QED) is 0.784. The number of halogens is 1. The Morgan fingerprint density at radius 1 is 1.04 bits per heavy atom. The number of anilines is 1. The second kappa shape index (κ2) is 6.82. The maximum Gasteiger partial charge on any atom is 0.252 e. The van der Waals surface area contributed by atoms with Crippen LogP contribution in [-0.4, -0.2) is 52.3 Å². The van der Waals surface area contributed by atoms with E-state index in [0.29, 0.717) is 36.3 Å². The van der Waals surface area contributed by atoms with Crippen LogP contribution in [0.15, 0.2) is 39.6 Å². The number of hydrogen-bond donors (Lipinski definition) is 1. The molecule has 0 aromatic carbocycles. The van der Waals surface area contributed by atoms with Crippen molar-refractivity contribution in [3.63, 3.8) is 0 Å². The molecule has 1 saturated heterocycles. The highest BCUT2D eigenvalue weighted by molar-refractivity contribution is 7.91. The number of hydrogen-bond acceptors (Lipinski definition) is 7. The Morgan fingerprint density at radius 2 is 1.72 bits per heavy atom. The molecule has 25 heavy (non-hydrogen) atoms. The number of nitrogens with two attached hydrogens (primary N) is 1. The van der Waals surface area contributed by atoms with Gasteiger partial charge in [-0.15, -0.1) is 11.3 Å². The van der Waals surface area contributed by atoms with Gasteiger partial charge in [-0.3, -0.25) is 0 Å². The van der Waals surface area contributed by atoms with E-state index in [1.54, 1.807) is 12.1 Å². The zero-order chi connectivity index (χ0) is 18.2. The predicted molar refractivity (Wildman–Crippen MR) is 95.9 cm³/mol. The Labute approximate surface area is 154 Å². The van der Waals surface area contributed by atoms with Crippen molar-refractivity contribution < 1.29 is 16.8 Å². The van der Waals surface area contributed by atoms with Crippen molar-refractivity contribution in [3.8, 4) is 0 Å². The molecule has 3 heterocycles. The molecule has 2 aromatic rings. The molecule has 1 aliphatic heterocycles. The Bertz CT molecular complexity index is 965. The van der Waals surface area contributed by atoms with Crippen LogP contribution in [0.2, 0.25) is 4.34 Å². The van der Waals surface area contributed by atoms with Crippen LogP contribution in [0.3, 0.4) is 0 Å². The maximum atomic E-state index is 12.6. The predicted octanol–water partition coefficient (Wildman–Crippen LogP) is 0.955. The van der Waals surface area contributed by atoms with Crippen LogP contribution < -0.4 is 10.0 Å². The first kappa shape index (κ1) is 18.5. The van der Waals surface area contributed by atoms with E-state index in [4.69, 9.17) is 16.7 Å². The van der Waals surface area contributed by atoms with Gasteiger partial charge in [-0.1, -0.05) is 11.6 Å². The van der Waals surface area contributed by atoms with Gasteiger partial charge in [0, 0.05) is 32.4 Å². The van der Waals surface area contributed by atoms with E-state index in [9.17, 15) is 16.8 Å². The molecular formula is C13H15ClN4O4S3. The summed E-state index contributed by atoms with van der Waals surface area (Å²) in [7, 11) is -7.33. The molecule has 0 radical (unpaired) electrons. The van der Waals surface area contributed by atoms with Gasteiger partial charge in [-0.05, 0) is 24.3 Å². The summed E-state index contributed by atoms with van der Waals surface area (Å²) in [6.45, 7) is 1.49. The SMILES string of the molecule is NS(=O)(=O)c1ccc(N2CCN(S(=O)(=O)c3ccc(Cl)s3)CC2)nc1. The highest BCUT2D eigenvalue weighted by Gasteiger charge is 2.30. The zero-order valence-electron chi connectivity index (χ0n) is 12.9. The Balaban J connectivity index is 1.70. The monoisotopic (exact) mass is 422 g/mol. The van der Waals surface area contributed by atoms with Gasteiger partial charge < -0.3 is 4.90 Å². The minimum absolute atomic E-state index is 0.0629. The van der Waals surface area contributed by atoms with Crippen molar-refractivity contribution in [2.45, 2.75) is 9.10 Å². The Kier molecular flexibility index (Phi) is 5.06. The van der Waals surface area contributed by atoms with Gasteiger partial charge in [0.05, 0.1) is 4.34 Å². The lowest BCUT2D eigenvalue weighted by molar-refractivity contribution is 0.384. The minimum Gasteiger partial charge on any atom is -0.354 e. The molecule has 2 aromatic heterocycles. The molecule has 0 bridgehead atoms. The van der Waals surface area contributed by atoms with Crippen LogP contribution in [0.4, 0.5) is 5.82 Å². The van der Waals surface area contributed by atoms with E-state index in [1.165, 1.54) is 22.6 Å². The van der Waals surface area contributed by atoms with Gasteiger partial charge in [-0.2, -0.15) is 4.31 Å². The average molecular weight is 423 g/mol. The summed E-state index contributed by atoms with van der Waals surface area (Å²) < 4.78 is 49.7. The van der Waals surface area contributed by atoms with E-state index in [-0.39, 0.29) is 9.10 Å². The third kappa shape index (κ3) is 3.96. The molecule has 12 heteroatoms. The first-order chi connectivity index (χ1) is 11.7.